The number of aromatic nitrogens is 2. The summed E-state index contributed by atoms with van der Waals surface area (Å²) in [5.41, 5.74) is 3.07. The van der Waals surface area contributed by atoms with E-state index in [0.29, 0.717) is 37.2 Å². The summed E-state index contributed by atoms with van der Waals surface area (Å²) in [7, 11) is -3.61. The van der Waals surface area contributed by atoms with E-state index in [0.717, 1.165) is 21.8 Å². The van der Waals surface area contributed by atoms with Gasteiger partial charge >= 0.3 is 0 Å². The molecule has 7 nitrogen and oxygen atoms in total. The van der Waals surface area contributed by atoms with Crippen molar-refractivity contribution in [2.75, 3.05) is 24.7 Å². The minimum atomic E-state index is -3.61. The summed E-state index contributed by atoms with van der Waals surface area (Å²) in [6.07, 6.45) is 3.34. The van der Waals surface area contributed by atoms with Crippen molar-refractivity contribution in [1.29, 1.82) is 0 Å². The molecule has 1 fully saturated rings. The normalized spacial score (nSPS) is 15.3. The number of thioether (sulfide) groups is 1. The van der Waals surface area contributed by atoms with Gasteiger partial charge in [0, 0.05) is 29.6 Å². The molecule has 3 aromatic carbocycles. The van der Waals surface area contributed by atoms with Gasteiger partial charge in [-0.3, -0.25) is 4.79 Å². The molecule has 0 aliphatic carbocycles. The fourth-order valence-corrected chi connectivity index (χ4v) is 6.49. The van der Waals surface area contributed by atoms with E-state index in [1.54, 1.807) is 30.3 Å². The number of benzene rings is 3. The van der Waals surface area contributed by atoms with Crippen molar-refractivity contribution in [3.05, 3.63) is 84.2 Å². The van der Waals surface area contributed by atoms with Crippen molar-refractivity contribution in [2.24, 2.45) is 0 Å². The maximum atomic E-state index is 13.2. The second-order valence-electron chi connectivity index (χ2n) is 8.50. The number of aromatic amines is 1. The van der Waals surface area contributed by atoms with Crippen LogP contribution in [0, 0.1) is 0 Å². The number of piperidine rings is 1. The van der Waals surface area contributed by atoms with Crippen LogP contribution >= 0.6 is 11.8 Å². The van der Waals surface area contributed by atoms with E-state index in [1.807, 2.05) is 48.7 Å². The number of carbonyl (C=O) groups excluding carboxylic acids is 1. The quantitative estimate of drug-likeness (QED) is 0.355. The minimum Gasteiger partial charge on any atom is -0.342 e. The molecular formula is C26H26N4O3S2. The SMILES string of the molecule is CSc1ccccc1C(=O)Nc1ccc(S(=O)(=O)N2CCC(c3nc4ccccc4[nH]3)CC2)cc1. The molecule has 2 N–H and O–H groups in total. The molecule has 1 aliphatic rings. The Kier molecular flexibility index (Phi) is 6.64. The first-order chi connectivity index (χ1) is 17.0. The van der Waals surface area contributed by atoms with E-state index < -0.39 is 10.0 Å². The summed E-state index contributed by atoms with van der Waals surface area (Å²) in [6.45, 7) is 0.877. The lowest BCUT2D eigenvalue weighted by Crippen LogP contribution is -2.38. The molecule has 1 amide bonds. The molecule has 1 aliphatic heterocycles. The standard InChI is InChI=1S/C26H26N4O3S2/c1-34-24-9-5-2-6-21(24)26(31)27-19-10-12-20(13-11-19)35(32,33)30-16-14-18(15-17-30)25-28-22-7-3-4-8-23(22)29-25/h2-13,18H,14-17H2,1H3,(H,27,31)(H,28,29). The maximum absolute atomic E-state index is 13.2. The molecule has 2 heterocycles. The molecule has 1 saturated heterocycles. The number of fused-ring (bicyclic) bond motifs is 1. The molecule has 0 saturated carbocycles. The van der Waals surface area contributed by atoms with Gasteiger partial charge in [-0.05, 0) is 67.6 Å². The molecule has 4 aromatic rings. The molecule has 1 aromatic heterocycles. The molecule has 0 bridgehead atoms. The number of hydrogen-bond acceptors (Lipinski definition) is 5. The molecule has 9 heteroatoms. The zero-order chi connectivity index (χ0) is 24.4. The highest BCUT2D eigenvalue weighted by atomic mass is 32.2. The molecule has 0 atom stereocenters. The Bertz CT molecular complexity index is 1420. The van der Waals surface area contributed by atoms with Gasteiger partial charge in [0.15, 0.2) is 0 Å². The van der Waals surface area contributed by atoms with E-state index in [4.69, 9.17) is 0 Å². The van der Waals surface area contributed by atoms with Gasteiger partial charge in [0.25, 0.3) is 5.91 Å². The second-order valence-corrected chi connectivity index (χ2v) is 11.3. The molecule has 35 heavy (non-hydrogen) atoms. The Hall–Kier alpha value is -3.14. The lowest BCUT2D eigenvalue weighted by molar-refractivity contribution is 0.102. The van der Waals surface area contributed by atoms with E-state index in [2.05, 4.69) is 15.3 Å². The van der Waals surface area contributed by atoms with Crippen LogP contribution in [-0.2, 0) is 10.0 Å². The Balaban J connectivity index is 1.24. The summed E-state index contributed by atoms with van der Waals surface area (Å²) in [4.78, 5) is 21.8. The average molecular weight is 507 g/mol. The van der Waals surface area contributed by atoms with E-state index in [9.17, 15) is 13.2 Å². The van der Waals surface area contributed by atoms with Crippen LogP contribution in [0.4, 0.5) is 5.69 Å². The van der Waals surface area contributed by atoms with Gasteiger partial charge in [0.05, 0.1) is 21.5 Å². The first-order valence-corrected chi connectivity index (χ1v) is 14.1. The van der Waals surface area contributed by atoms with Crippen LogP contribution in [-0.4, -0.2) is 47.9 Å². The van der Waals surface area contributed by atoms with Crippen molar-refractivity contribution < 1.29 is 13.2 Å². The summed E-state index contributed by atoms with van der Waals surface area (Å²) in [6, 6.07) is 21.7. The number of carbonyl (C=O) groups is 1. The Morgan fingerprint density at radius 3 is 2.40 bits per heavy atom. The number of rotatable bonds is 6. The highest BCUT2D eigenvalue weighted by Gasteiger charge is 2.31. The van der Waals surface area contributed by atoms with Crippen molar-refractivity contribution in [3.8, 4) is 0 Å². The minimum absolute atomic E-state index is 0.204. The van der Waals surface area contributed by atoms with Gasteiger partial charge < -0.3 is 10.3 Å². The van der Waals surface area contributed by atoms with Crippen molar-refractivity contribution in [3.63, 3.8) is 0 Å². The first-order valence-electron chi connectivity index (χ1n) is 11.4. The van der Waals surface area contributed by atoms with E-state index in [-0.39, 0.29) is 16.7 Å². The second kappa shape index (κ2) is 9.85. The topological polar surface area (TPSA) is 95.2 Å². The Labute approximate surface area is 209 Å². The monoisotopic (exact) mass is 506 g/mol. The van der Waals surface area contributed by atoms with Crippen molar-refractivity contribution in [1.82, 2.24) is 14.3 Å². The predicted molar refractivity (Wildman–Crippen MR) is 139 cm³/mol. The number of H-pyrrole nitrogens is 1. The van der Waals surface area contributed by atoms with Crippen LogP contribution in [0.3, 0.4) is 0 Å². The Morgan fingerprint density at radius 2 is 1.69 bits per heavy atom. The van der Waals surface area contributed by atoms with Crippen LogP contribution in [0.1, 0.15) is 34.9 Å². The molecule has 5 rings (SSSR count). The third-order valence-electron chi connectivity index (χ3n) is 6.35. The molecule has 0 radical (unpaired) electrons. The summed E-state index contributed by atoms with van der Waals surface area (Å²) >= 11 is 1.50. The van der Waals surface area contributed by atoms with Gasteiger partial charge in [-0.25, -0.2) is 13.4 Å². The van der Waals surface area contributed by atoms with Crippen LogP contribution in [0.2, 0.25) is 0 Å². The number of imidazole rings is 1. The van der Waals surface area contributed by atoms with Gasteiger partial charge in [-0.2, -0.15) is 4.31 Å². The number of sulfonamides is 1. The fraction of sp³-hybridized carbons (Fsp3) is 0.231. The van der Waals surface area contributed by atoms with Gasteiger partial charge in [0.1, 0.15) is 5.82 Å². The van der Waals surface area contributed by atoms with Crippen LogP contribution in [0.5, 0.6) is 0 Å². The fourth-order valence-electron chi connectivity index (χ4n) is 4.43. The van der Waals surface area contributed by atoms with Crippen LogP contribution in [0.25, 0.3) is 11.0 Å². The van der Waals surface area contributed by atoms with Crippen LogP contribution < -0.4 is 5.32 Å². The summed E-state index contributed by atoms with van der Waals surface area (Å²) in [5.74, 6) is 0.903. The number of nitrogens with zero attached hydrogens (tertiary/aromatic N) is 2. The largest absolute Gasteiger partial charge is 0.342 e. The molecule has 0 unspecified atom stereocenters. The zero-order valence-corrected chi connectivity index (χ0v) is 20.9. The molecule has 0 spiro atoms. The third kappa shape index (κ3) is 4.84. The highest BCUT2D eigenvalue weighted by molar-refractivity contribution is 7.98. The van der Waals surface area contributed by atoms with Crippen LogP contribution in [0.15, 0.2) is 82.6 Å². The number of anilines is 1. The average Bonchev–Trinajstić information content (AvgIpc) is 3.33. The smallest absolute Gasteiger partial charge is 0.256 e. The van der Waals surface area contributed by atoms with E-state index >= 15 is 0 Å². The maximum Gasteiger partial charge on any atom is 0.256 e. The van der Waals surface area contributed by atoms with Gasteiger partial charge in [-0.1, -0.05) is 24.3 Å². The molecular weight excluding hydrogens is 480 g/mol. The molecule has 180 valence electrons. The number of amides is 1. The predicted octanol–water partition coefficient (Wildman–Crippen LogP) is 5.11. The van der Waals surface area contributed by atoms with Gasteiger partial charge in [-0.15, -0.1) is 11.8 Å². The van der Waals surface area contributed by atoms with Crippen molar-refractivity contribution in [2.45, 2.75) is 28.6 Å². The lowest BCUT2D eigenvalue weighted by atomic mass is 9.97. The third-order valence-corrected chi connectivity index (χ3v) is 9.06. The van der Waals surface area contributed by atoms with Crippen molar-refractivity contribution >= 4 is 44.4 Å². The number of hydrogen-bond donors (Lipinski definition) is 2. The lowest BCUT2D eigenvalue weighted by Gasteiger charge is -2.30. The number of para-hydroxylation sites is 2. The zero-order valence-electron chi connectivity index (χ0n) is 19.3. The first kappa shape index (κ1) is 23.6. The Morgan fingerprint density at radius 1 is 1.00 bits per heavy atom. The van der Waals surface area contributed by atoms with E-state index in [1.165, 1.54) is 16.1 Å². The summed E-state index contributed by atoms with van der Waals surface area (Å²) in [5, 5.41) is 2.85. The van der Waals surface area contributed by atoms with Gasteiger partial charge in [0.2, 0.25) is 10.0 Å². The highest BCUT2D eigenvalue weighted by Crippen LogP contribution is 2.31. The summed E-state index contributed by atoms with van der Waals surface area (Å²) < 4.78 is 28.0. The number of nitrogens with one attached hydrogen (secondary N) is 2.